The maximum Gasteiger partial charge on any atom is 0.271 e. The molecule has 2 aromatic rings. The summed E-state index contributed by atoms with van der Waals surface area (Å²) in [4.78, 5) is 35.2. The van der Waals surface area contributed by atoms with Gasteiger partial charge in [-0.1, -0.05) is 28.9 Å². The standard InChI is InChI=1S/C15H15ClN4O4S/c1-9-6-12(20-24-9)17-13(21)7-25-8-14(22)18-19-15(23)10-4-2-3-5-11(10)16/h2-6H,7-8H2,1H3,(H,18,22)(H,19,23)(H,17,20,21). The zero-order chi connectivity index (χ0) is 18.2. The number of nitrogens with zero attached hydrogens (tertiary/aromatic N) is 1. The topological polar surface area (TPSA) is 113 Å². The summed E-state index contributed by atoms with van der Waals surface area (Å²) in [5, 5.41) is 6.44. The van der Waals surface area contributed by atoms with Crippen LogP contribution in [0.5, 0.6) is 0 Å². The smallest absolute Gasteiger partial charge is 0.271 e. The lowest BCUT2D eigenvalue weighted by Crippen LogP contribution is -2.42. The minimum atomic E-state index is -0.525. The van der Waals surface area contributed by atoms with E-state index in [2.05, 4.69) is 21.3 Å². The lowest BCUT2D eigenvalue weighted by molar-refractivity contribution is -0.119. The summed E-state index contributed by atoms with van der Waals surface area (Å²) in [5.41, 5.74) is 4.77. The van der Waals surface area contributed by atoms with E-state index in [0.717, 1.165) is 11.8 Å². The fraction of sp³-hybridized carbons (Fsp3) is 0.200. The van der Waals surface area contributed by atoms with E-state index < -0.39 is 11.8 Å². The third-order valence-electron chi connectivity index (χ3n) is 2.80. The molecule has 2 rings (SSSR count). The molecule has 0 radical (unpaired) electrons. The molecule has 0 saturated carbocycles. The van der Waals surface area contributed by atoms with Crippen molar-refractivity contribution in [3.63, 3.8) is 0 Å². The summed E-state index contributed by atoms with van der Waals surface area (Å²) in [6, 6.07) is 8.05. The van der Waals surface area contributed by atoms with Gasteiger partial charge in [-0.05, 0) is 19.1 Å². The van der Waals surface area contributed by atoms with Gasteiger partial charge in [0, 0.05) is 6.07 Å². The van der Waals surface area contributed by atoms with Gasteiger partial charge < -0.3 is 9.84 Å². The Bertz CT molecular complexity index is 780. The molecule has 0 aliphatic carbocycles. The second-order valence-corrected chi connectivity index (χ2v) is 6.24. The maximum absolute atomic E-state index is 11.9. The van der Waals surface area contributed by atoms with Gasteiger partial charge >= 0.3 is 0 Å². The van der Waals surface area contributed by atoms with Gasteiger partial charge in [-0.25, -0.2) is 0 Å². The first-order valence-corrected chi connectivity index (χ1v) is 8.63. The van der Waals surface area contributed by atoms with Gasteiger partial charge in [0.2, 0.25) is 11.8 Å². The highest BCUT2D eigenvalue weighted by molar-refractivity contribution is 8.00. The van der Waals surface area contributed by atoms with Crippen molar-refractivity contribution in [2.45, 2.75) is 6.92 Å². The molecule has 10 heteroatoms. The van der Waals surface area contributed by atoms with Crippen LogP contribution in [0.1, 0.15) is 16.1 Å². The van der Waals surface area contributed by atoms with Crippen LogP contribution in [-0.4, -0.2) is 34.4 Å². The average molecular weight is 383 g/mol. The molecule has 25 heavy (non-hydrogen) atoms. The molecule has 1 aromatic heterocycles. The fourth-order valence-corrected chi connectivity index (χ4v) is 2.55. The van der Waals surface area contributed by atoms with Gasteiger partial charge in [-0.3, -0.25) is 25.2 Å². The van der Waals surface area contributed by atoms with Gasteiger partial charge in [0.25, 0.3) is 5.91 Å². The Balaban J connectivity index is 1.66. The van der Waals surface area contributed by atoms with Gasteiger partial charge in [0.1, 0.15) is 5.76 Å². The molecule has 0 spiro atoms. The third-order valence-corrected chi connectivity index (χ3v) is 4.06. The predicted molar refractivity (Wildman–Crippen MR) is 94.3 cm³/mol. The molecule has 0 saturated heterocycles. The summed E-state index contributed by atoms with van der Waals surface area (Å²) in [7, 11) is 0. The molecule has 1 heterocycles. The third kappa shape index (κ3) is 6.12. The number of anilines is 1. The van der Waals surface area contributed by atoms with Crippen molar-refractivity contribution >= 4 is 46.9 Å². The number of thioether (sulfide) groups is 1. The lowest BCUT2D eigenvalue weighted by atomic mass is 10.2. The normalized spacial score (nSPS) is 10.2. The Morgan fingerprint density at radius 2 is 1.88 bits per heavy atom. The van der Waals surface area contributed by atoms with Crippen LogP contribution in [0.3, 0.4) is 0 Å². The largest absolute Gasteiger partial charge is 0.360 e. The number of aryl methyl sites for hydroxylation is 1. The summed E-state index contributed by atoms with van der Waals surface area (Å²) < 4.78 is 4.82. The number of hydrogen-bond acceptors (Lipinski definition) is 6. The number of hydrogen-bond donors (Lipinski definition) is 3. The predicted octanol–water partition coefficient (Wildman–Crippen LogP) is 1.77. The van der Waals surface area contributed by atoms with Crippen LogP contribution in [0.15, 0.2) is 34.9 Å². The Labute approximate surface area is 152 Å². The zero-order valence-corrected chi connectivity index (χ0v) is 14.7. The van der Waals surface area contributed by atoms with Crippen LogP contribution >= 0.6 is 23.4 Å². The molecule has 132 valence electrons. The molecule has 3 amide bonds. The molecule has 8 nitrogen and oxygen atoms in total. The van der Waals surface area contributed by atoms with Gasteiger partial charge in [-0.2, -0.15) is 0 Å². The Morgan fingerprint density at radius 1 is 1.16 bits per heavy atom. The van der Waals surface area contributed by atoms with Crippen molar-refractivity contribution in [1.29, 1.82) is 0 Å². The molecule has 0 unspecified atom stereocenters. The Morgan fingerprint density at radius 3 is 2.56 bits per heavy atom. The van der Waals surface area contributed by atoms with Crippen LogP contribution in [0.25, 0.3) is 0 Å². The lowest BCUT2D eigenvalue weighted by Gasteiger charge is -2.08. The number of rotatable bonds is 6. The van der Waals surface area contributed by atoms with E-state index in [1.807, 2.05) is 0 Å². The fourth-order valence-electron chi connectivity index (χ4n) is 1.72. The monoisotopic (exact) mass is 382 g/mol. The molecule has 0 aliphatic heterocycles. The molecule has 0 atom stereocenters. The summed E-state index contributed by atoms with van der Waals surface area (Å²) in [5.74, 6) is -0.341. The highest BCUT2D eigenvalue weighted by atomic mass is 35.5. The summed E-state index contributed by atoms with van der Waals surface area (Å²) >= 11 is 6.97. The molecule has 0 bridgehead atoms. The number of carbonyl (C=O) groups excluding carboxylic acids is 3. The van der Waals surface area contributed by atoms with Crippen molar-refractivity contribution in [2.75, 3.05) is 16.8 Å². The number of hydrazine groups is 1. The van der Waals surface area contributed by atoms with E-state index in [9.17, 15) is 14.4 Å². The van der Waals surface area contributed by atoms with Crippen molar-refractivity contribution in [3.05, 3.63) is 46.7 Å². The zero-order valence-electron chi connectivity index (χ0n) is 13.2. The molecule has 3 N–H and O–H groups in total. The van der Waals surface area contributed by atoms with Crippen molar-refractivity contribution in [1.82, 2.24) is 16.0 Å². The minimum absolute atomic E-state index is 0.00589. The first kappa shape index (κ1) is 18.8. The van der Waals surface area contributed by atoms with Crippen molar-refractivity contribution < 1.29 is 18.9 Å². The average Bonchev–Trinajstić information content (AvgIpc) is 2.98. The van der Waals surface area contributed by atoms with E-state index >= 15 is 0 Å². The minimum Gasteiger partial charge on any atom is -0.360 e. The summed E-state index contributed by atoms with van der Waals surface area (Å²) in [6.45, 7) is 1.71. The first-order valence-electron chi connectivity index (χ1n) is 7.10. The highest BCUT2D eigenvalue weighted by Gasteiger charge is 2.11. The number of halogens is 1. The van der Waals surface area contributed by atoms with E-state index in [4.69, 9.17) is 16.1 Å². The van der Waals surface area contributed by atoms with E-state index in [1.165, 1.54) is 6.07 Å². The van der Waals surface area contributed by atoms with Crippen molar-refractivity contribution in [2.24, 2.45) is 0 Å². The maximum atomic E-state index is 11.9. The quantitative estimate of drug-likeness (QED) is 0.656. The first-order chi connectivity index (χ1) is 12.0. The Kier molecular flexibility index (Phi) is 6.84. The number of carbonyl (C=O) groups is 3. The second kappa shape index (κ2) is 9.09. The number of amides is 3. The van der Waals surface area contributed by atoms with Crippen LogP contribution in [-0.2, 0) is 9.59 Å². The van der Waals surface area contributed by atoms with Gasteiger partial charge in [0.15, 0.2) is 5.82 Å². The second-order valence-electron chi connectivity index (χ2n) is 4.85. The van der Waals surface area contributed by atoms with Crippen LogP contribution in [0.4, 0.5) is 5.82 Å². The molecule has 1 aromatic carbocycles. The van der Waals surface area contributed by atoms with E-state index in [0.29, 0.717) is 11.6 Å². The number of aromatic nitrogens is 1. The molecule has 0 fully saturated rings. The molecular weight excluding hydrogens is 368 g/mol. The SMILES string of the molecule is Cc1cc(NC(=O)CSCC(=O)NNC(=O)c2ccccc2Cl)no1. The van der Waals surface area contributed by atoms with Crippen LogP contribution in [0, 0.1) is 6.92 Å². The molecular formula is C15H15ClN4O4S. The molecule has 0 aliphatic rings. The van der Waals surface area contributed by atoms with Gasteiger partial charge in [0.05, 0.1) is 22.1 Å². The highest BCUT2D eigenvalue weighted by Crippen LogP contribution is 2.14. The van der Waals surface area contributed by atoms with Crippen LogP contribution in [0.2, 0.25) is 5.02 Å². The van der Waals surface area contributed by atoms with Gasteiger partial charge in [-0.15, -0.1) is 11.8 Å². The van der Waals surface area contributed by atoms with E-state index in [1.54, 1.807) is 31.2 Å². The van der Waals surface area contributed by atoms with Crippen molar-refractivity contribution in [3.8, 4) is 0 Å². The number of benzene rings is 1. The Hall–Kier alpha value is -2.52. The number of nitrogens with one attached hydrogen (secondary N) is 3. The van der Waals surface area contributed by atoms with Crippen LogP contribution < -0.4 is 16.2 Å². The van der Waals surface area contributed by atoms with E-state index in [-0.39, 0.29) is 28.0 Å². The summed E-state index contributed by atoms with van der Waals surface area (Å²) in [6.07, 6.45) is 0.